The number of amides is 1. The summed E-state index contributed by atoms with van der Waals surface area (Å²) in [5, 5.41) is 13.6. The highest BCUT2D eigenvalue weighted by molar-refractivity contribution is 7.92. The second kappa shape index (κ2) is 8.29. The fourth-order valence-electron chi connectivity index (χ4n) is 2.73. The molecule has 0 heterocycles. The highest BCUT2D eigenvalue weighted by Crippen LogP contribution is 2.23. The molecule has 30 heavy (non-hydrogen) atoms. The van der Waals surface area contributed by atoms with Crippen molar-refractivity contribution >= 4 is 33.0 Å². The predicted molar refractivity (Wildman–Crippen MR) is 109 cm³/mol. The third kappa shape index (κ3) is 4.44. The van der Waals surface area contributed by atoms with Crippen LogP contribution in [0, 0.1) is 22.9 Å². The topological polar surface area (TPSA) is 118 Å². The van der Waals surface area contributed by atoms with E-state index >= 15 is 0 Å². The summed E-state index contributed by atoms with van der Waals surface area (Å²) in [6, 6.07) is 14.7. The van der Waals surface area contributed by atoms with Crippen LogP contribution in [0.2, 0.25) is 0 Å². The van der Waals surface area contributed by atoms with E-state index in [2.05, 4.69) is 10.0 Å². The summed E-state index contributed by atoms with van der Waals surface area (Å²) < 4.78 is 40.7. The fourth-order valence-corrected chi connectivity index (χ4v) is 3.80. The molecule has 0 aliphatic carbocycles. The Kier molecular flexibility index (Phi) is 5.79. The van der Waals surface area contributed by atoms with Crippen LogP contribution in [-0.2, 0) is 10.0 Å². The van der Waals surface area contributed by atoms with E-state index in [0.29, 0.717) is 0 Å². The average Bonchev–Trinajstić information content (AvgIpc) is 2.70. The van der Waals surface area contributed by atoms with Crippen LogP contribution in [0.15, 0.2) is 71.6 Å². The minimum atomic E-state index is -4.03. The summed E-state index contributed by atoms with van der Waals surface area (Å²) in [6.07, 6.45) is 0. The predicted octanol–water partition coefficient (Wildman–Crippen LogP) is 4.10. The molecule has 3 rings (SSSR count). The van der Waals surface area contributed by atoms with Crippen LogP contribution in [-0.4, -0.2) is 19.2 Å². The van der Waals surface area contributed by atoms with Crippen LogP contribution in [0.5, 0.6) is 0 Å². The molecular formula is C20H16FN3O5S. The first-order chi connectivity index (χ1) is 14.2. The van der Waals surface area contributed by atoms with Crippen LogP contribution in [0.1, 0.15) is 15.9 Å². The number of nitro groups is 1. The quantitative estimate of drug-likeness (QED) is 0.452. The standard InChI is InChI=1S/C20H16FN3O5S/c1-13-16(5-4-8-19(13)24(26)27)20(25)22-14-9-11-15(12-10-14)30(28,29)23-18-7-3-2-6-17(18)21/h2-12,23H,1H3,(H,22,25). The molecule has 0 fully saturated rings. The highest BCUT2D eigenvalue weighted by Gasteiger charge is 2.19. The molecule has 3 aromatic carbocycles. The van der Waals surface area contributed by atoms with Gasteiger partial charge in [-0.25, -0.2) is 12.8 Å². The Morgan fingerprint density at radius 2 is 1.67 bits per heavy atom. The number of sulfonamides is 1. The smallest absolute Gasteiger partial charge is 0.273 e. The molecular weight excluding hydrogens is 413 g/mol. The number of carbonyl (C=O) groups excluding carboxylic acids is 1. The van der Waals surface area contributed by atoms with Gasteiger partial charge in [0.25, 0.3) is 21.6 Å². The van der Waals surface area contributed by atoms with E-state index in [0.717, 1.165) is 6.07 Å². The average molecular weight is 429 g/mol. The van der Waals surface area contributed by atoms with Gasteiger partial charge in [-0.2, -0.15) is 0 Å². The molecule has 0 atom stereocenters. The summed E-state index contributed by atoms with van der Waals surface area (Å²) in [5.74, 6) is -1.28. The summed E-state index contributed by atoms with van der Waals surface area (Å²) in [5.41, 5.74) is 0.269. The van der Waals surface area contributed by atoms with Gasteiger partial charge < -0.3 is 5.32 Å². The number of nitrogens with zero attached hydrogens (tertiary/aromatic N) is 1. The summed E-state index contributed by atoms with van der Waals surface area (Å²) in [6.45, 7) is 1.47. The number of para-hydroxylation sites is 1. The number of anilines is 2. The SMILES string of the molecule is Cc1c(C(=O)Nc2ccc(S(=O)(=O)Nc3ccccc3F)cc2)cccc1[N+](=O)[O-]. The Balaban J connectivity index is 1.78. The van der Waals surface area contributed by atoms with Gasteiger partial charge in [0, 0.05) is 22.9 Å². The monoisotopic (exact) mass is 429 g/mol. The second-order valence-electron chi connectivity index (χ2n) is 6.27. The number of benzene rings is 3. The van der Waals surface area contributed by atoms with Gasteiger partial charge in [-0.3, -0.25) is 19.6 Å². The Morgan fingerprint density at radius 1 is 1.00 bits per heavy atom. The van der Waals surface area contributed by atoms with Crippen LogP contribution in [0.4, 0.5) is 21.5 Å². The lowest BCUT2D eigenvalue weighted by atomic mass is 10.1. The molecule has 0 aliphatic heterocycles. The van der Waals surface area contributed by atoms with E-state index in [9.17, 15) is 27.7 Å². The number of hydrogen-bond donors (Lipinski definition) is 2. The molecule has 0 aliphatic rings. The van der Waals surface area contributed by atoms with Crippen LogP contribution >= 0.6 is 0 Å². The zero-order valence-electron chi connectivity index (χ0n) is 15.6. The van der Waals surface area contributed by atoms with Crippen molar-refractivity contribution in [2.45, 2.75) is 11.8 Å². The summed E-state index contributed by atoms with van der Waals surface area (Å²) in [4.78, 5) is 22.8. The first-order valence-corrected chi connectivity index (χ1v) is 10.1. The Labute approximate surface area is 171 Å². The molecule has 10 heteroatoms. The summed E-state index contributed by atoms with van der Waals surface area (Å²) >= 11 is 0. The number of nitro benzene ring substituents is 1. The number of hydrogen-bond acceptors (Lipinski definition) is 5. The van der Waals surface area contributed by atoms with Gasteiger partial charge in [0.2, 0.25) is 0 Å². The summed E-state index contributed by atoms with van der Waals surface area (Å²) in [7, 11) is -4.03. The lowest BCUT2D eigenvalue weighted by Crippen LogP contribution is -2.15. The molecule has 0 saturated carbocycles. The van der Waals surface area contributed by atoms with Crippen molar-refractivity contribution < 1.29 is 22.5 Å². The van der Waals surface area contributed by atoms with Gasteiger partial charge in [0.15, 0.2) is 0 Å². The molecule has 3 aromatic rings. The van der Waals surface area contributed by atoms with Gasteiger partial charge in [-0.05, 0) is 49.4 Å². The molecule has 0 saturated heterocycles. The number of rotatable bonds is 6. The largest absolute Gasteiger partial charge is 0.322 e. The zero-order chi connectivity index (χ0) is 21.9. The van der Waals surface area contributed by atoms with E-state index < -0.39 is 26.7 Å². The lowest BCUT2D eigenvalue weighted by Gasteiger charge is -2.11. The minimum absolute atomic E-state index is 0.127. The third-order valence-electron chi connectivity index (χ3n) is 4.29. The maximum atomic E-state index is 13.7. The first-order valence-electron chi connectivity index (χ1n) is 8.62. The van der Waals surface area contributed by atoms with Gasteiger partial charge in [0.05, 0.1) is 15.5 Å². The molecule has 2 N–H and O–H groups in total. The van der Waals surface area contributed by atoms with Crippen molar-refractivity contribution in [3.05, 3.63) is 93.8 Å². The van der Waals surface area contributed by atoms with Gasteiger partial charge in [-0.15, -0.1) is 0 Å². The normalized spacial score (nSPS) is 11.0. The number of carbonyl (C=O) groups is 1. The van der Waals surface area contributed by atoms with Crippen molar-refractivity contribution in [2.24, 2.45) is 0 Å². The second-order valence-corrected chi connectivity index (χ2v) is 7.95. The maximum Gasteiger partial charge on any atom is 0.273 e. The molecule has 0 unspecified atom stereocenters. The van der Waals surface area contributed by atoms with Gasteiger partial charge >= 0.3 is 0 Å². The highest BCUT2D eigenvalue weighted by atomic mass is 32.2. The van der Waals surface area contributed by atoms with E-state index in [4.69, 9.17) is 0 Å². The zero-order valence-corrected chi connectivity index (χ0v) is 16.4. The van der Waals surface area contributed by atoms with Crippen LogP contribution < -0.4 is 10.0 Å². The molecule has 0 aromatic heterocycles. The maximum absolute atomic E-state index is 13.7. The van der Waals surface area contributed by atoms with Crippen molar-refractivity contribution in [1.29, 1.82) is 0 Å². The number of nitrogens with one attached hydrogen (secondary N) is 2. The minimum Gasteiger partial charge on any atom is -0.322 e. The molecule has 0 bridgehead atoms. The third-order valence-corrected chi connectivity index (χ3v) is 5.67. The van der Waals surface area contributed by atoms with E-state index in [1.807, 2.05) is 0 Å². The lowest BCUT2D eigenvalue weighted by molar-refractivity contribution is -0.385. The number of halogens is 1. The van der Waals surface area contributed by atoms with Crippen LogP contribution in [0.3, 0.4) is 0 Å². The van der Waals surface area contributed by atoms with Crippen molar-refractivity contribution in [3.8, 4) is 0 Å². The van der Waals surface area contributed by atoms with Crippen molar-refractivity contribution in [1.82, 2.24) is 0 Å². The van der Waals surface area contributed by atoms with Crippen molar-refractivity contribution in [2.75, 3.05) is 10.0 Å². The van der Waals surface area contributed by atoms with Gasteiger partial charge in [0.1, 0.15) is 5.82 Å². The fraction of sp³-hybridized carbons (Fsp3) is 0.0500. The molecule has 154 valence electrons. The van der Waals surface area contributed by atoms with Crippen molar-refractivity contribution in [3.63, 3.8) is 0 Å². The first kappa shape index (κ1) is 20.9. The Morgan fingerprint density at radius 3 is 2.30 bits per heavy atom. The van der Waals surface area contributed by atoms with E-state index in [-0.39, 0.29) is 33.1 Å². The molecule has 1 amide bonds. The Hall–Kier alpha value is -3.79. The van der Waals surface area contributed by atoms with E-state index in [1.165, 1.54) is 67.6 Å². The van der Waals surface area contributed by atoms with Crippen LogP contribution in [0.25, 0.3) is 0 Å². The molecule has 0 spiro atoms. The molecule has 8 nitrogen and oxygen atoms in total. The Bertz CT molecular complexity index is 1230. The molecule has 0 radical (unpaired) electrons. The van der Waals surface area contributed by atoms with E-state index in [1.54, 1.807) is 0 Å². The van der Waals surface area contributed by atoms with Gasteiger partial charge in [-0.1, -0.05) is 18.2 Å².